The first kappa shape index (κ1) is 15.4. The number of aromatic nitrogens is 1. The van der Waals surface area contributed by atoms with Crippen LogP contribution >= 0.6 is 0 Å². The summed E-state index contributed by atoms with van der Waals surface area (Å²) in [5, 5.41) is 0. The molecular weight excluding hydrogens is 285 g/mol. The van der Waals surface area contributed by atoms with Crippen molar-refractivity contribution in [1.29, 1.82) is 0 Å². The average molecular weight is 307 g/mol. The first-order chi connectivity index (χ1) is 10.7. The fraction of sp³-hybridized carbons (Fsp3) is 0.625. The number of likely N-dealkylation sites (tertiary alicyclic amines) is 1. The molecule has 0 aromatic carbocycles. The van der Waals surface area contributed by atoms with Gasteiger partial charge in [-0.2, -0.15) is 0 Å². The van der Waals surface area contributed by atoms with E-state index in [1.54, 1.807) is 12.4 Å². The molecule has 1 aromatic rings. The fourth-order valence-electron chi connectivity index (χ4n) is 3.17. The molecule has 2 atom stereocenters. The Morgan fingerprint density at radius 2 is 2.05 bits per heavy atom. The summed E-state index contributed by atoms with van der Waals surface area (Å²) in [4.78, 5) is 20.4. The molecule has 0 unspecified atom stereocenters. The molecule has 3 heterocycles. The third kappa shape index (κ3) is 3.62. The van der Waals surface area contributed by atoms with Crippen molar-refractivity contribution in [1.82, 2.24) is 14.8 Å². The standard InChI is InChI=1S/C16H22FN3O2/c17-14-11-15(16(21)19-7-9-22-10-8-19)20(12-14)6-3-13-1-4-18-5-2-13/h1-2,4-5,14-15H,3,6-12H2/t14-,15+/m1/s1. The van der Waals surface area contributed by atoms with E-state index in [0.717, 1.165) is 12.0 Å². The molecule has 120 valence electrons. The van der Waals surface area contributed by atoms with E-state index in [-0.39, 0.29) is 11.9 Å². The van der Waals surface area contributed by atoms with Gasteiger partial charge in [0, 0.05) is 45.0 Å². The van der Waals surface area contributed by atoms with Crippen LogP contribution in [-0.2, 0) is 16.0 Å². The molecule has 22 heavy (non-hydrogen) atoms. The molecule has 0 bridgehead atoms. The van der Waals surface area contributed by atoms with E-state index in [1.807, 2.05) is 21.9 Å². The normalized spacial score (nSPS) is 26.3. The number of hydrogen-bond acceptors (Lipinski definition) is 4. The first-order valence-electron chi connectivity index (χ1n) is 7.87. The van der Waals surface area contributed by atoms with Crippen LogP contribution in [0.15, 0.2) is 24.5 Å². The van der Waals surface area contributed by atoms with Crippen LogP contribution in [-0.4, -0.2) is 72.3 Å². The molecule has 0 N–H and O–H groups in total. The Morgan fingerprint density at radius 1 is 1.32 bits per heavy atom. The third-order valence-electron chi connectivity index (χ3n) is 4.40. The Balaban J connectivity index is 1.60. The van der Waals surface area contributed by atoms with Crippen molar-refractivity contribution < 1.29 is 13.9 Å². The molecule has 5 nitrogen and oxygen atoms in total. The van der Waals surface area contributed by atoms with Gasteiger partial charge in [0.1, 0.15) is 6.17 Å². The largest absolute Gasteiger partial charge is 0.378 e. The Morgan fingerprint density at radius 3 is 2.77 bits per heavy atom. The third-order valence-corrected chi connectivity index (χ3v) is 4.40. The zero-order valence-electron chi connectivity index (χ0n) is 12.7. The number of hydrogen-bond donors (Lipinski definition) is 0. The number of morpholine rings is 1. The van der Waals surface area contributed by atoms with Gasteiger partial charge in [-0.15, -0.1) is 0 Å². The topological polar surface area (TPSA) is 45.7 Å². The van der Waals surface area contributed by atoms with Gasteiger partial charge < -0.3 is 9.64 Å². The number of amides is 1. The van der Waals surface area contributed by atoms with Crippen LogP contribution in [0.2, 0.25) is 0 Å². The molecular formula is C16H22FN3O2. The second-order valence-electron chi connectivity index (χ2n) is 5.89. The number of nitrogens with zero attached hydrogens (tertiary/aromatic N) is 3. The van der Waals surface area contributed by atoms with E-state index in [9.17, 15) is 9.18 Å². The fourth-order valence-corrected chi connectivity index (χ4v) is 3.17. The lowest BCUT2D eigenvalue weighted by Crippen LogP contribution is -2.50. The van der Waals surface area contributed by atoms with Gasteiger partial charge in [0.05, 0.1) is 19.3 Å². The molecule has 3 rings (SSSR count). The summed E-state index contributed by atoms with van der Waals surface area (Å²) in [6, 6.07) is 3.60. The minimum Gasteiger partial charge on any atom is -0.378 e. The highest BCUT2D eigenvalue weighted by Gasteiger charge is 2.38. The summed E-state index contributed by atoms with van der Waals surface area (Å²) in [7, 11) is 0. The molecule has 0 aliphatic carbocycles. The van der Waals surface area contributed by atoms with Gasteiger partial charge in [-0.1, -0.05) is 0 Å². The van der Waals surface area contributed by atoms with Gasteiger partial charge in [0.15, 0.2) is 0 Å². The number of carbonyl (C=O) groups excluding carboxylic acids is 1. The van der Waals surface area contributed by atoms with Gasteiger partial charge in [-0.3, -0.25) is 14.7 Å². The molecule has 2 saturated heterocycles. The Bertz CT molecular complexity index is 493. The quantitative estimate of drug-likeness (QED) is 0.829. The predicted molar refractivity (Wildman–Crippen MR) is 80.2 cm³/mol. The zero-order valence-corrected chi connectivity index (χ0v) is 12.7. The summed E-state index contributed by atoms with van der Waals surface area (Å²) in [5.41, 5.74) is 1.16. The number of carbonyl (C=O) groups is 1. The number of rotatable bonds is 4. The first-order valence-corrected chi connectivity index (χ1v) is 7.87. The molecule has 2 aliphatic rings. The minimum atomic E-state index is -0.910. The second kappa shape index (κ2) is 7.15. The molecule has 2 aliphatic heterocycles. The van der Waals surface area contributed by atoms with Crippen molar-refractivity contribution in [3.8, 4) is 0 Å². The lowest BCUT2D eigenvalue weighted by atomic mass is 10.1. The van der Waals surface area contributed by atoms with Crippen molar-refractivity contribution in [2.24, 2.45) is 0 Å². The summed E-state index contributed by atoms with van der Waals surface area (Å²) < 4.78 is 19.1. The molecule has 0 spiro atoms. The van der Waals surface area contributed by atoms with E-state index in [1.165, 1.54) is 0 Å². The maximum absolute atomic E-state index is 13.8. The highest BCUT2D eigenvalue weighted by atomic mass is 19.1. The molecule has 1 aromatic heterocycles. The summed E-state index contributed by atoms with van der Waals surface area (Å²) in [5.74, 6) is 0.0539. The minimum absolute atomic E-state index is 0.0539. The number of alkyl halides is 1. The van der Waals surface area contributed by atoms with E-state index in [2.05, 4.69) is 4.98 Å². The van der Waals surface area contributed by atoms with Crippen LogP contribution in [0, 0.1) is 0 Å². The average Bonchev–Trinajstić information content (AvgIpc) is 2.95. The van der Waals surface area contributed by atoms with E-state index < -0.39 is 6.17 Å². The smallest absolute Gasteiger partial charge is 0.240 e. The van der Waals surface area contributed by atoms with Crippen LogP contribution < -0.4 is 0 Å². The van der Waals surface area contributed by atoms with Gasteiger partial charge in [-0.25, -0.2) is 4.39 Å². The SMILES string of the molecule is O=C([C@@H]1C[C@@H](F)CN1CCc1ccncc1)N1CCOCC1. The maximum atomic E-state index is 13.8. The monoisotopic (exact) mass is 307 g/mol. The van der Waals surface area contributed by atoms with E-state index >= 15 is 0 Å². The van der Waals surface area contributed by atoms with Gasteiger partial charge in [0.2, 0.25) is 5.91 Å². The molecule has 0 radical (unpaired) electrons. The van der Waals surface area contributed by atoms with Crippen molar-refractivity contribution in [2.45, 2.75) is 25.1 Å². The number of pyridine rings is 1. The zero-order chi connectivity index (χ0) is 15.4. The maximum Gasteiger partial charge on any atom is 0.240 e. The highest BCUT2D eigenvalue weighted by molar-refractivity contribution is 5.82. The molecule has 6 heteroatoms. The van der Waals surface area contributed by atoms with Crippen LogP contribution in [0.1, 0.15) is 12.0 Å². The van der Waals surface area contributed by atoms with Crippen molar-refractivity contribution in [3.63, 3.8) is 0 Å². The van der Waals surface area contributed by atoms with Crippen LogP contribution in [0.25, 0.3) is 0 Å². The summed E-state index contributed by atoms with van der Waals surface area (Å²) in [6.45, 7) is 3.44. The molecule has 2 fully saturated rings. The van der Waals surface area contributed by atoms with Gasteiger partial charge in [-0.05, 0) is 24.1 Å². The Hall–Kier alpha value is -1.53. The van der Waals surface area contributed by atoms with Gasteiger partial charge in [0.25, 0.3) is 0 Å². The van der Waals surface area contributed by atoms with E-state index in [0.29, 0.717) is 45.8 Å². The van der Waals surface area contributed by atoms with Crippen molar-refractivity contribution in [2.75, 3.05) is 39.4 Å². The van der Waals surface area contributed by atoms with Gasteiger partial charge >= 0.3 is 0 Å². The van der Waals surface area contributed by atoms with Crippen molar-refractivity contribution >= 4 is 5.91 Å². The Labute approximate surface area is 130 Å². The molecule has 0 saturated carbocycles. The van der Waals surface area contributed by atoms with Crippen LogP contribution in [0.5, 0.6) is 0 Å². The number of halogens is 1. The van der Waals surface area contributed by atoms with E-state index in [4.69, 9.17) is 4.74 Å². The predicted octanol–water partition coefficient (Wildman–Crippen LogP) is 0.895. The van der Waals surface area contributed by atoms with Crippen LogP contribution in [0.4, 0.5) is 4.39 Å². The number of ether oxygens (including phenoxy) is 1. The lowest BCUT2D eigenvalue weighted by molar-refractivity contribution is -0.140. The highest BCUT2D eigenvalue weighted by Crippen LogP contribution is 2.23. The summed E-state index contributed by atoms with van der Waals surface area (Å²) >= 11 is 0. The van der Waals surface area contributed by atoms with Crippen LogP contribution in [0.3, 0.4) is 0 Å². The lowest BCUT2D eigenvalue weighted by Gasteiger charge is -2.32. The molecule has 1 amide bonds. The Kier molecular flexibility index (Phi) is 5.00. The van der Waals surface area contributed by atoms with Crippen molar-refractivity contribution in [3.05, 3.63) is 30.1 Å². The summed E-state index contributed by atoms with van der Waals surface area (Å²) in [6.07, 6.45) is 3.73. The second-order valence-corrected chi connectivity index (χ2v) is 5.89.